The van der Waals surface area contributed by atoms with Gasteiger partial charge >= 0.3 is 0 Å². The fourth-order valence-electron chi connectivity index (χ4n) is 5.81. The van der Waals surface area contributed by atoms with Crippen LogP contribution in [0.4, 0.5) is 0 Å². The van der Waals surface area contributed by atoms with Crippen LogP contribution >= 0.6 is 0 Å². The number of allylic oxidation sites excluding steroid dienone is 4. The second-order valence-corrected chi connectivity index (χ2v) is 8.38. The van der Waals surface area contributed by atoms with Crippen LogP contribution in [0.5, 0.6) is 0 Å². The average molecular weight is 272 g/mol. The van der Waals surface area contributed by atoms with Crippen molar-refractivity contribution in [1.29, 1.82) is 0 Å². The molecule has 20 heavy (non-hydrogen) atoms. The van der Waals surface area contributed by atoms with E-state index in [1.807, 2.05) is 5.57 Å². The Bertz CT molecular complexity index is 451. The maximum absolute atomic E-state index is 2.65. The molecule has 0 aliphatic heterocycles. The van der Waals surface area contributed by atoms with Gasteiger partial charge < -0.3 is 0 Å². The fraction of sp³-hybridized carbons (Fsp3) is 0.800. The third-order valence-corrected chi connectivity index (χ3v) is 6.96. The molecule has 0 saturated heterocycles. The maximum Gasteiger partial charge on any atom is 0.00156 e. The van der Waals surface area contributed by atoms with Crippen LogP contribution < -0.4 is 0 Å². The van der Waals surface area contributed by atoms with Crippen LogP contribution in [-0.2, 0) is 0 Å². The van der Waals surface area contributed by atoms with E-state index in [1.54, 1.807) is 11.1 Å². The first-order chi connectivity index (χ1) is 9.43. The lowest BCUT2D eigenvalue weighted by Crippen LogP contribution is -2.35. The molecule has 0 heterocycles. The van der Waals surface area contributed by atoms with E-state index in [0.717, 1.165) is 23.7 Å². The summed E-state index contributed by atoms with van der Waals surface area (Å²) in [6.45, 7) is 12.3. The Morgan fingerprint density at radius 3 is 2.55 bits per heavy atom. The average Bonchev–Trinajstić information content (AvgIpc) is 2.69. The van der Waals surface area contributed by atoms with Crippen LogP contribution in [-0.4, -0.2) is 0 Å². The van der Waals surface area contributed by atoms with Crippen molar-refractivity contribution in [2.75, 3.05) is 0 Å². The second-order valence-electron chi connectivity index (χ2n) is 8.38. The first-order valence-corrected chi connectivity index (χ1v) is 8.79. The fourth-order valence-corrected chi connectivity index (χ4v) is 5.81. The predicted molar refractivity (Wildman–Crippen MR) is 87.6 cm³/mol. The summed E-state index contributed by atoms with van der Waals surface area (Å²) in [6.07, 6.45) is 11.0. The van der Waals surface area contributed by atoms with Crippen LogP contribution in [0, 0.1) is 29.1 Å². The lowest BCUT2D eigenvalue weighted by atomic mass is 9.63. The summed E-state index contributed by atoms with van der Waals surface area (Å²) in [5.74, 6) is 3.48. The van der Waals surface area contributed by atoms with Crippen LogP contribution in [0.3, 0.4) is 0 Å². The summed E-state index contributed by atoms with van der Waals surface area (Å²) >= 11 is 0. The van der Waals surface area contributed by atoms with E-state index >= 15 is 0 Å². The first kappa shape index (κ1) is 14.4. The second kappa shape index (κ2) is 5.04. The lowest BCUT2D eigenvalue weighted by Gasteiger charge is -2.42. The Hall–Kier alpha value is -0.520. The summed E-state index contributed by atoms with van der Waals surface area (Å²) in [4.78, 5) is 0. The molecule has 0 amide bonds. The largest absolute Gasteiger partial charge is 0.0781 e. The Labute approximate surface area is 125 Å². The maximum atomic E-state index is 2.65. The molecule has 3 rings (SSSR count). The van der Waals surface area contributed by atoms with Crippen molar-refractivity contribution in [2.45, 2.75) is 73.1 Å². The van der Waals surface area contributed by atoms with Gasteiger partial charge in [-0.15, -0.1) is 0 Å². The molecule has 3 aliphatic carbocycles. The topological polar surface area (TPSA) is 0 Å². The zero-order valence-electron chi connectivity index (χ0n) is 14.1. The standard InChI is InChI=1S/C20H32/c1-13(2)18-8-9-19-17-12-14(3)6-7-16(17)15(4)10-11-20(18,19)5/h12-13,17-19H,6-11H2,1-5H3/t17?,18-,19-,20+/m1/s1. The zero-order valence-corrected chi connectivity index (χ0v) is 14.1. The molecule has 4 atom stereocenters. The third kappa shape index (κ3) is 2.11. The molecular formula is C20H32. The van der Waals surface area contributed by atoms with E-state index in [2.05, 4.69) is 40.7 Å². The predicted octanol–water partition coefficient (Wildman–Crippen LogP) is 6.14. The molecule has 0 aromatic carbocycles. The van der Waals surface area contributed by atoms with Crippen LogP contribution in [0.1, 0.15) is 73.1 Å². The van der Waals surface area contributed by atoms with Crippen molar-refractivity contribution >= 4 is 0 Å². The van der Waals surface area contributed by atoms with Gasteiger partial charge in [0.05, 0.1) is 0 Å². The van der Waals surface area contributed by atoms with Gasteiger partial charge in [-0.05, 0) is 75.5 Å². The minimum absolute atomic E-state index is 0.579. The van der Waals surface area contributed by atoms with E-state index < -0.39 is 0 Å². The van der Waals surface area contributed by atoms with Gasteiger partial charge in [-0.1, -0.05) is 43.6 Å². The zero-order chi connectivity index (χ0) is 14.5. The molecule has 0 bridgehead atoms. The highest BCUT2D eigenvalue weighted by molar-refractivity contribution is 5.31. The molecule has 0 N–H and O–H groups in total. The van der Waals surface area contributed by atoms with Crippen LogP contribution in [0.25, 0.3) is 0 Å². The number of rotatable bonds is 1. The summed E-state index contributed by atoms with van der Waals surface area (Å²) in [6, 6.07) is 0. The SMILES string of the molecule is CC1=CC2C(=C(C)CC[C@@]3(C)[C@@H](C(C)C)CC[C@H]23)CC1. The van der Waals surface area contributed by atoms with Crippen LogP contribution in [0.2, 0.25) is 0 Å². The molecule has 0 aromatic rings. The van der Waals surface area contributed by atoms with Crippen molar-refractivity contribution in [1.82, 2.24) is 0 Å². The Morgan fingerprint density at radius 1 is 1.10 bits per heavy atom. The number of fused-ring (bicyclic) bond motifs is 3. The number of hydrogen-bond donors (Lipinski definition) is 0. The molecule has 1 unspecified atom stereocenters. The first-order valence-electron chi connectivity index (χ1n) is 8.79. The Morgan fingerprint density at radius 2 is 1.85 bits per heavy atom. The van der Waals surface area contributed by atoms with E-state index in [9.17, 15) is 0 Å². The van der Waals surface area contributed by atoms with Crippen molar-refractivity contribution in [2.24, 2.45) is 29.1 Å². The summed E-state index contributed by atoms with van der Waals surface area (Å²) in [5, 5.41) is 0. The molecule has 112 valence electrons. The molecule has 0 radical (unpaired) electrons. The highest BCUT2D eigenvalue weighted by atomic mass is 14.6. The van der Waals surface area contributed by atoms with E-state index in [1.165, 1.54) is 38.5 Å². The van der Waals surface area contributed by atoms with Gasteiger partial charge in [0.2, 0.25) is 0 Å². The molecule has 0 aromatic heterocycles. The summed E-state index contributed by atoms with van der Waals surface area (Å²) in [7, 11) is 0. The van der Waals surface area contributed by atoms with Gasteiger partial charge in [-0.2, -0.15) is 0 Å². The normalized spacial score (nSPS) is 41.3. The van der Waals surface area contributed by atoms with Gasteiger partial charge in [-0.3, -0.25) is 0 Å². The Balaban J connectivity index is 2.02. The van der Waals surface area contributed by atoms with E-state index in [0.29, 0.717) is 5.41 Å². The lowest BCUT2D eigenvalue weighted by molar-refractivity contribution is 0.0964. The molecule has 0 spiro atoms. The minimum Gasteiger partial charge on any atom is -0.0781 e. The number of hydrogen-bond acceptors (Lipinski definition) is 0. The van der Waals surface area contributed by atoms with Gasteiger partial charge in [-0.25, -0.2) is 0 Å². The van der Waals surface area contributed by atoms with Gasteiger partial charge in [0.15, 0.2) is 0 Å². The summed E-state index contributed by atoms with van der Waals surface area (Å²) < 4.78 is 0. The highest BCUT2D eigenvalue weighted by Gasteiger charge is 2.51. The third-order valence-electron chi connectivity index (χ3n) is 6.96. The highest BCUT2D eigenvalue weighted by Crippen LogP contribution is 2.60. The van der Waals surface area contributed by atoms with Crippen LogP contribution in [0.15, 0.2) is 22.8 Å². The van der Waals surface area contributed by atoms with Crippen molar-refractivity contribution in [3.63, 3.8) is 0 Å². The monoisotopic (exact) mass is 272 g/mol. The molecule has 1 fully saturated rings. The Kier molecular flexibility index (Phi) is 3.63. The van der Waals surface area contributed by atoms with Gasteiger partial charge in [0.1, 0.15) is 0 Å². The van der Waals surface area contributed by atoms with Crippen molar-refractivity contribution in [3.05, 3.63) is 22.8 Å². The van der Waals surface area contributed by atoms with Gasteiger partial charge in [0, 0.05) is 5.92 Å². The molecule has 1 saturated carbocycles. The minimum atomic E-state index is 0.579. The smallest absolute Gasteiger partial charge is 0.00156 e. The van der Waals surface area contributed by atoms with Gasteiger partial charge in [0.25, 0.3) is 0 Å². The summed E-state index contributed by atoms with van der Waals surface area (Å²) in [5.41, 5.74) is 5.78. The molecule has 0 nitrogen and oxygen atoms in total. The van der Waals surface area contributed by atoms with E-state index in [-0.39, 0.29) is 0 Å². The van der Waals surface area contributed by atoms with Crippen molar-refractivity contribution < 1.29 is 0 Å². The molecule has 3 aliphatic rings. The quantitative estimate of drug-likeness (QED) is 0.503. The molecular weight excluding hydrogens is 240 g/mol. The molecule has 0 heteroatoms. The van der Waals surface area contributed by atoms with Crippen molar-refractivity contribution in [3.8, 4) is 0 Å². The van der Waals surface area contributed by atoms with E-state index in [4.69, 9.17) is 0 Å².